The molecule has 0 saturated carbocycles. The minimum atomic E-state index is -0.435. The zero-order valence-corrected chi connectivity index (χ0v) is 12.6. The lowest BCUT2D eigenvalue weighted by molar-refractivity contribution is 1.30. The number of hydrogen-bond donors (Lipinski definition) is 3. The van der Waals surface area contributed by atoms with E-state index in [0.29, 0.717) is 11.3 Å². The van der Waals surface area contributed by atoms with Gasteiger partial charge in [0.25, 0.3) is 0 Å². The summed E-state index contributed by atoms with van der Waals surface area (Å²) in [7, 11) is 0. The quantitative estimate of drug-likeness (QED) is 0.302. The Morgan fingerprint density at radius 1 is 1.50 bits per heavy atom. The first-order valence-corrected chi connectivity index (χ1v) is 6.34. The third-order valence-electron chi connectivity index (χ3n) is 1.82. The van der Waals surface area contributed by atoms with Crippen molar-refractivity contribution in [1.29, 1.82) is 15.9 Å². The van der Waals surface area contributed by atoms with Gasteiger partial charge in [-0.25, -0.2) is 0 Å². The minimum absolute atomic E-state index is 0.238. The van der Waals surface area contributed by atoms with Crippen molar-refractivity contribution in [2.24, 2.45) is 10.8 Å². The Hall–Kier alpha value is -1.65. The van der Waals surface area contributed by atoms with Crippen LogP contribution in [0.3, 0.4) is 0 Å². The van der Waals surface area contributed by atoms with Crippen LogP contribution >= 0.6 is 38.5 Å². The van der Waals surface area contributed by atoms with Gasteiger partial charge in [0.2, 0.25) is 5.71 Å². The number of nitrogens with zero attached hydrogens (tertiary/aromatic N) is 3. The van der Waals surface area contributed by atoms with Crippen molar-refractivity contribution in [2.45, 2.75) is 0 Å². The molecule has 4 N–H and O–H groups in total. The van der Waals surface area contributed by atoms with Gasteiger partial charge in [-0.2, -0.15) is 15.6 Å². The number of hydrazone groups is 1. The van der Waals surface area contributed by atoms with Crippen LogP contribution in [0.1, 0.15) is 5.56 Å². The molecular weight excluding hydrogens is 411 g/mol. The number of nitriles is 2. The highest BCUT2D eigenvalue weighted by Crippen LogP contribution is 2.27. The fraction of sp³-hybridized carbons (Fsp3) is 0. The smallest absolute Gasteiger partial charge is 0.201 e. The third kappa shape index (κ3) is 3.42. The number of hydrogen-bond acceptors (Lipinski definition) is 5. The maximum Gasteiger partial charge on any atom is 0.201 e. The van der Waals surface area contributed by atoms with Crippen molar-refractivity contribution in [3.8, 4) is 12.1 Å². The van der Waals surface area contributed by atoms with Crippen LogP contribution in [0.15, 0.2) is 21.7 Å². The van der Waals surface area contributed by atoms with Gasteiger partial charge in [0.1, 0.15) is 12.1 Å². The van der Waals surface area contributed by atoms with Crippen LogP contribution in [-0.2, 0) is 0 Å². The highest BCUT2D eigenvalue weighted by molar-refractivity contribution is 14.1. The molecule has 0 atom stereocenters. The van der Waals surface area contributed by atoms with E-state index >= 15 is 0 Å². The Morgan fingerprint density at radius 2 is 2.17 bits per heavy atom. The Balaban J connectivity index is 3.18. The lowest BCUT2D eigenvalue weighted by Crippen LogP contribution is -2.22. The van der Waals surface area contributed by atoms with Crippen molar-refractivity contribution in [3.05, 3.63) is 25.7 Å². The van der Waals surface area contributed by atoms with Crippen molar-refractivity contribution < 1.29 is 0 Å². The van der Waals surface area contributed by atoms with E-state index in [4.69, 9.17) is 21.7 Å². The summed E-state index contributed by atoms with van der Waals surface area (Å²) in [5.41, 5.74) is 8.35. The molecule has 1 aromatic carbocycles. The fourth-order valence-corrected chi connectivity index (χ4v) is 2.67. The van der Waals surface area contributed by atoms with E-state index in [2.05, 4.69) is 26.5 Å². The summed E-state index contributed by atoms with van der Waals surface area (Å²) >= 11 is 5.31. The molecule has 0 bridgehead atoms. The van der Waals surface area contributed by atoms with Crippen molar-refractivity contribution in [1.82, 2.24) is 0 Å². The first-order chi connectivity index (χ1) is 8.49. The van der Waals surface area contributed by atoms with Gasteiger partial charge in [-0.05, 0) is 34.7 Å². The highest BCUT2D eigenvalue weighted by Gasteiger charge is 2.09. The Morgan fingerprint density at radius 3 is 2.67 bits per heavy atom. The van der Waals surface area contributed by atoms with Crippen LogP contribution in [0, 0.1) is 31.6 Å². The highest BCUT2D eigenvalue weighted by atomic mass is 127. The molecule has 0 aliphatic rings. The van der Waals surface area contributed by atoms with E-state index in [1.54, 1.807) is 18.2 Å². The number of rotatable bonds is 3. The van der Waals surface area contributed by atoms with E-state index < -0.39 is 5.84 Å². The lowest BCUT2D eigenvalue weighted by atomic mass is 10.2. The summed E-state index contributed by atoms with van der Waals surface area (Å²) in [6.45, 7) is 0. The van der Waals surface area contributed by atoms with Crippen LogP contribution in [0.5, 0.6) is 0 Å². The van der Waals surface area contributed by atoms with Crippen molar-refractivity contribution in [3.63, 3.8) is 0 Å². The average Bonchev–Trinajstić information content (AvgIpc) is 2.31. The van der Waals surface area contributed by atoms with E-state index in [1.807, 2.05) is 28.7 Å². The fourth-order valence-electron chi connectivity index (χ4n) is 1.03. The summed E-state index contributed by atoms with van der Waals surface area (Å²) in [6.07, 6.45) is 0. The SMILES string of the molecule is N#C/C(=N\Nc1c(I)cc(Br)cc1C#N)C(=N)N. The van der Waals surface area contributed by atoms with Gasteiger partial charge in [-0.3, -0.25) is 10.8 Å². The van der Waals surface area contributed by atoms with E-state index in [-0.39, 0.29) is 5.71 Å². The maximum atomic E-state index is 9.00. The lowest BCUT2D eigenvalue weighted by Gasteiger charge is -2.07. The normalized spacial score (nSPS) is 10.3. The monoisotopic (exact) mass is 416 g/mol. The zero-order valence-electron chi connectivity index (χ0n) is 8.83. The third-order valence-corrected chi connectivity index (χ3v) is 3.12. The molecule has 1 rings (SSSR count). The van der Waals surface area contributed by atoms with Crippen LogP contribution in [0.4, 0.5) is 5.69 Å². The molecule has 18 heavy (non-hydrogen) atoms. The Bertz CT molecular complexity index is 610. The van der Waals surface area contributed by atoms with Gasteiger partial charge in [-0.15, -0.1) is 0 Å². The maximum absolute atomic E-state index is 9.00. The molecule has 8 heteroatoms. The first kappa shape index (κ1) is 14.4. The predicted molar refractivity (Wildman–Crippen MR) is 80.2 cm³/mol. The van der Waals surface area contributed by atoms with Crippen LogP contribution in [0.25, 0.3) is 0 Å². The van der Waals surface area contributed by atoms with Gasteiger partial charge in [0, 0.05) is 8.04 Å². The zero-order chi connectivity index (χ0) is 13.7. The number of amidine groups is 1. The number of halogens is 2. The molecule has 0 aromatic heterocycles. The largest absolute Gasteiger partial charge is 0.382 e. The number of benzene rings is 1. The minimum Gasteiger partial charge on any atom is -0.382 e. The number of nitrogens with one attached hydrogen (secondary N) is 2. The Labute approximate surface area is 125 Å². The number of anilines is 1. The first-order valence-electron chi connectivity index (χ1n) is 4.47. The molecule has 1 aromatic rings. The molecule has 0 unspecified atom stereocenters. The molecular formula is C10H6BrIN6. The predicted octanol–water partition coefficient (Wildman–Crippen LogP) is 2.15. The molecule has 90 valence electrons. The van der Waals surface area contributed by atoms with Crippen molar-refractivity contribution >= 4 is 55.8 Å². The van der Waals surface area contributed by atoms with Crippen LogP contribution < -0.4 is 11.2 Å². The number of nitrogens with two attached hydrogens (primary N) is 1. The molecule has 0 heterocycles. The van der Waals surface area contributed by atoms with Crippen LogP contribution in [0.2, 0.25) is 0 Å². The second-order valence-corrected chi connectivity index (χ2v) is 5.10. The summed E-state index contributed by atoms with van der Waals surface area (Å²) in [5.74, 6) is -0.435. The summed E-state index contributed by atoms with van der Waals surface area (Å²) in [4.78, 5) is 0. The summed E-state index contributed by atoms with van der Waals surface area (Å²) in [6, 6.07) is 7.11. The molecule has 0 saturated heterocycles. The standard InChI is InChI=1S/C10H6BrIN6/c11-6-1-5(3-13)9(7(12)2-6)18-17-8(4-14)10(15)16/h1-2,18H,(H3,15,16)/b17-8+. The molecule has 6 nitrogen and oxygen atoms in total. The second-order valence-electron chi connectivity index (χ2n) is 3.02. The summed E-state index contributed by atoms with van der Waals surface area (Å²) in [5, 5.41) is 28.5. The van der Waals surface area contributed by atoms with E-state index in [0.717, 1.165) is 8.04 Å². The van der Waals surface area contributed by atoms with E-state index in [9.17, 15) is 0 Å². The summed E-state index contributed by atoms with van der Waals surface area (Å²) < 4.78 is 1.52. The van der Waals surface area contributed by atoms with Crippen molar-refractivity contribution in [2.75, 3.05) is 5.43 Å². The van der Waals surface area contributed by atoms with Crippen LogP contribution in [-0.4, -0.2) is 11.5 Å². The van der Waals surface area contributed by atoms with Gasteiger partial charge < -0.3 is 5.73 Å². The molecule has 0 radical (unpaired) electrons. The average molecular weight is 417 g/mol. The molecule has 0 aliphatic carbocycles. The molecule has 0 spiro atoms. The Kier molecular flexibility index (Phi) is 5.07. The molecule has 0 aliphatic heterocycles. The molecule has 0 amide bonds. The van der Waals surface area contributed by atoms with E-state index in [1.165, 1.54) is 0 Å². The van der Waals surface area contributed by atoms with Gasteiger partial charge in [0.05, 0.1) is 11.3 Å². The van der Waals surface area contributed by atoms with Gasteiger partial charge in [-0.1, -0.05) is 15.9 Å². The topological polar surface area (TPSA) is 122 Å². The van der Waals surface area contributed by atoms with Gasteiger partial charge >= 0.3 is 0 Å². The molecule has 0 fully saturated rings. The van der Waals surface area contributed by atoms with Gasteiger partial charge in [0.15, 0.2) is 5.84 Å². The second kappa shape index (κ2) is 6.33.